The summed E-state index contributed by atoms with van der Waals surface area (Å²) in [5.41, 5.74) is 0.457. The molecule has 1 aliphatic rings. The molecule has 1 saturated carbocycles. The molecule has 0 saturated heterocycles. The number of nitrogens with zero attached hydrogens (tertiary/aromatic N) is 1. The molecule has 1 aliphatic carbocycles. The van der Waals surface area contributed by atoms with Gasteiger partial charge in [0.15, 0.2) is 0 Å². The monoisotopic (exact) mass is 428 g/mol. The molecule has 1 amide bonds. The number of benzene rings is 1. The van der Waals surface area contributed by atoms with Crippen LogP contribution in [0.4, 0.5) is 5.69 Å². The lowest BCUT2D eigenvalue weighted by molar-refractivity contribution is -0.119. The molecule has 1 fully saturated rings. The van der Waals surface area contributed by atoms with Crippen molar-refractivity contribution < 1.29 is 17.9 Å². The Balaban J connectivity index is 1.84. The number of hydrogen-bond acceptors (Lipinski definition) is 5. The average Bonchev–Trinajstić information content (AvgIpc) is 2.68. The van der Waals surface area contributed by atoms with Crippen LogP contribution in [0.3, 0.4) is 0 Å². The van der Waals surface area contributed by atoms with Crippen molar-refractivity contribution in [3.8, 4) is 5.75 Å². The van der Waals surface area contributed by atoms with Crippen molar-refractivity contribution >= 4 is 33.4 Å². The molecule has 0 radical (unpaired) electrons. The van der Waals surface area contributed by atoms with Gasteiger partial charge >= 0.3 is 0 Å². The maximum atomic E-state index is 12.3. The molecule has 0 atom stereocenters. The molecular weight excluding hydrogens is 396 g/mol. The van der Waals surface area contributed by atoms with Crippen LogP contribution in [0.2, 0.25) is 0 Å². The van der Waals surface area contributed by atoms with Gasteiger partial charge in [0, 0.05) is 17.5 Å². The smallest absolute Gasteiger partial charge is 0.240 e. The Bertz CT molecular complexity index is 701. The molecule has 1 aromatic carbocycles. The number of sulfonamides is 1. The second-order valence-electron chi connectivity index (χ2n) is 7.09. The fraction of sp³-hybridized carbons (Fsp3) is 0.650. The quantitative estimate of drug-likeness (QED) is 0.547. The minimum absolute atomic E-state index is 0.220. The highest BCUT2D eigenvalue weighted by atomic mass is 32.2. The number of ether oxygens (including phenoxy) is 1. The lowest BCUT2D eigenvalue weighted by Gasteiger charge is -2.23. The normalized spacial score (nSPS) is 15.2. The van der Waals surface area contributed by atoms with Crippen LogP contribution in [0.1, 0.15) is 45.4 Å². The molecule has 0 aliphatic heterocycles. The van der Waals surface area contributed by atoms with Crippen molar-refractivity contribution in [2.45, 2.75) is 50.7 Å². The Kier molecular flexibility index (Phi) is 9.44. The number of carbonyl (C=O) groups excluding carboxylic acids is 1. The predicted octanol–water partition coefficient (Wildman–Crippen LogP) is 3.42. The molecule has 1 aromatic rings. The van der Waals surface area contributed by atoms with Gasteiger partial charge in [0.05, 0.1) is 18.6 Å². The second-order valence-corrected chi connectivity index (χ2v) is 10.4. The summed E-state index contributed by atoms with van der Waals surface area (Å²) in [6, 6.07) is 6.78. The van der Waals surface area contributed by atoms with Gasteiger partial charge in [0.25, 0.3) is 0 Å². The lowest BCUT2D eigenvalue weighted by atomic mass is 10.0. The number of carbonyl (C=O) groups is 1. The molecule has 28 heavy (non-hydrogen) atoms. The summed E-state index contributed by atoms with van der Waals surface area (Å²) in [5, 5.41) is 3.54. The molecule has 8 heteroatoms. The van der Waals surface area contributed by atoms with Crippen LogP contribution in [0, 0.1) is 0 Å². The number of hydrogen-bond donors (Lipinski definition) is 1. The van der Waals surface area contributed by atoms with Gasteiger partial charge < -0.3 is 10.1 Å². The first-order valence-corrected chi connectivity index (χ1v) is 12.9. The molecular formula is C20H32N2O4S2. The van der Waals surface area contributed by atoms with E-state index < -0.39 is 10.0 Å². The van der Waals surface area contributed by atoms with E-state index in [2.05, 4.69) is 5.32 Å². The zero-order chi connectivity index (χ0) is 20.4. The van der Waals surface area contributed by atoms with Gasteiger partial charge in [-0.3, -0.25) is 9.10 Å². The maximum Gasteiger partial charge on any atom is 0.240 e. The first-order chi connectivity index (χ1) is 13.4. The minimum Gasteiger partial charge on any atom is -0.494 e. The molecule has 1 N–H and O–H groups in total. The van der Waals surface area contributed by atoms with Crippen molar-refractivity contribution in [3.63, 3.8) is 0 Å². The van der Waals surface area contributed by atoms with Gasteiger partial charge in [0.1, 0.15) is 12.3 Å². The number of amides is 1. The predicted molar refractivity (Wildman–Crippen MR) is 117 cm³/mol. The zero-order valence-corrected chi connectivity index (χ0v) is 18.5. The first kappa shape index (κ1) is 22.9. The van der Waals surface area contributed by atoms with E-state index in [4.69, 9.17) is 4.74 Å². The van der Waals surface area contributed by atoms with Crippen molar-refractivity contribution in [2.24, 2.45) is 0 Å². The van der Waals surface area contributed by atoms with Crippen LogP contribution < -0.4 is 14.4 Å². The summed E-state index contributed by atoms with van der Waals surface area (Å²) in [6.07, 6.45) is 8.47. The van der Waals surface area contributed by atoms with Crippen LogP contribution in [-0.4, -0.2) is 51.3 Å². The topological polar surface area (TPSA) is 75.7 Å². The Morgan fingerprint density at radius 3 is 2.50 bits per heavy atom. The lowest BCUT2D eigenvalue weighted by Crippen LogP contribution is -2.41. The molecule has 2 rings (SSSR count). The van der Waals surface area contributed by atoms with E-state index in [1.165, 1.54) is 32.1 Å². The van der Waals surface area contributed by atoms with E-state index in [0.717, 1.165) is 22.7 Å². The van der Waals surface area contributed by atoms with Gasteiger partial charge in [-0.25, -0.2) is 8.42 Å². The van der Waals surface area contributed by atoms with Crippen molar-refractivity contribution in [1.82, 2.24) is 5.32 Å². The number of thioether (sulfide) groups is 1. The third-order valence-electron chi connectivity index (χ3n) is 4.62. The summed E-state index contributed by atoms with van der Waals surface area (Å²) >= 11 is 1.91. The summed E-state index contributed by atoms with van der Waals surface area (Å²) in [4.78, 5) is 12.3. The molecule has 0 heterocycles. The van der Waals surface area contributed by atoms with E-state index >= 15 is 0 Å². The van der Waals surface area contributed by atoms with E-state index in [1.807, 2.05) is 18.7 Å². The maximum absolute atomic E-state index is 12.3. The van der Waals surface area contributed by atoms with Crippen molar-refractivity contribution in [3.05, 3.63) is 24.3 Å². The fourth-order valence-electron chi connectivity index (χ4n) is 3.16. The van der Waals surface area contributed by atoms with E-state index in [1.54, 1.807) is 24.3 Å². The van der Waals surface area contributed by atoms with E-state index in [0.29, 0.717) is 29.8 Å². The van der Waals surface area contributed by atoms with Crippen LogP contribution >= 0.6 is 11.8 Å². The molecule has 0 aromatic heterocycles. The van der Waals surface area contributed by atoms with E-state index in [-0.39, 0.29) is 12.5 Å². The largest absolute Gasteiger partial charge is 0.494 e. The Morgan fingerprint density at radius 1 is 1.21 bits per heavy atom. The standard InChI is InChI=1S/C20H32N2O4S2/c1-3-14-26-18-11-9-17(10-12-18)22(28(2,24)25)16-20(23)21-13-15-27-19-7-5-4-6-8-19/h9-12,19H,3-8,13-16H2,1-2H3,(H,21,23). The molecule has 6 nitrogen and oxygen atoms in total. The Morgan fingerprint density at radius 2 is 1.89 bits per heavy atom. The fourth-order valence-corrected chi connectivity index (χ4v) is 5.24. The summed E-state index contributed by atoms with van der Waals surface area (Å²) < 4.78 is 31.0. The Labute approximate surface area is 173 Å². The SMILES string of the molecule is CCCOc1ccc(N(CC(=O)NCCSC2CCCCC2)S(C)(=O)=O)cc1. The third kappa shape index (κ3) is 7.91. The van der Waals surface area contributed by atoms with Crippen LogP contribution in [0.25, 0.3) is 0 Å². The van der Waals surface area contributed by atoms with Crippen LogP contribution in [0.15, 0.2) is 24.3 Å². The highest BCUT2D eigenvalue weighted by Crippen LogP contribution is 2.27. The summed E-state index contributed by atoms with van der Waals surface area (Å²) in [5.74, 6) is 1.25. The Hall–Kier alpha value is -1.41. The average molecular weight is 429 g/mol. The molecule has 0 bridgehead atoms. The number of anilines is 1. The van der Waals surface area contributed by atoms with Crippen molar-refractivity contribution in [2.75, 3.05) is 36.0 Å². The molecule has 0 unspecified atom stereocenters. The van der Waals surface area contributed by atoms with Gasteiger partial charge in [0.2, 0.25) is 15.9 Å². The number of rotatable bonds is 11. The minimum atomic E-state index is -3.56. The highest BCUT2D eigenvalue weighted by Gasteiger charge is 2.21. The third-order valence-corrected chi connectivity index (χ3v) is 7.14. The van der Waals surface area contributed by atoms with Gasteiger partial charge in [-0.05, 0) is 43.5 Å². The highest BCUT2D eigenvalue weighted by molar-refractivity contribution is 7.99. The molecule has 158 valence electrons. The van der Waals surface area contributed by atoms with Gasteiger partial charge in [-0.15, -0.1) is 0 Å². The van der Waals surface area contributed by atoms with Gasteiger partial charge in [-0.2, -0.15) is 11.8 Å². The first-order valence-electron chi connectivity index (χ1n) is 9.99. The van der Waals surface area contributed by atoms with Crippen LogP contribution in [-0.2, 0) is 14.8 Å². The van der Waals surface area contributed by atoms with E-state index in [9.17, 15) is 13.2 Å². The number of nitrogens with one attached hydrogen (secondary N) is 1. The molecule has 0 spiro atoms. The second kappa shape index (κ2) is 11.6. The van der Waals surface area contributed by atoms with Gasteiger partial charge in [-0.1, -0.05) is 26.2 Å². The van der Waals surface area contributed by atoms with Crippen LogP contribution in [0.5, 0.6) is 5.75 Å². The summed E-state index contributed by atoms with van der Waals surface area (Å²) in [7, 11) is -3.56. The zero-order valence-electron chi connectivity index (χ0n) is 16.9. The van der Waals surface area contributed by atoms with Crippen molar-refractivity contribution in [1.29, 1.82) is 0 Å². The summed E-state index contributed by atoms with van der Waals surface area (Å²) in [6.45, 7) is 2.96.